The second-order valence-electron chi connectivity index (χ2n) is 5.48. The van der Waals surface area contributed by atoms with Gasteiger partial charge in [0, 0.05) is 12.3 Å². The molecule has 1 saturated heterocycles. The van der Waals surface area contributed by atoms with Crippen molar-refractivity contribution in [2.24, 2.45) is 23.7 Å². The van der Waals surface area contributed by atoms with Crippen LogP contribution in [0.1, 0.15) is 32.1 Å². The Bertz CT molecular complexity index is 265. The SMILES string of the molecule is O[C@]12CC[C@@H]3C[C@@H]4CC[C@H](O1)[C@H]4[C@@H]32. The Morgan fingerprint density at radius 2 is 2.08 bits per heavy atom. The van der Waals surface area contributed by atoms with Crippen molar-refractivity contribution < 1.29 is 9.84 Å². The summed E-state index contributed by atoms with van der Waals surface area (Å²) in [5.41, 5.74) is 0. The second kappa shape index (κ2) is 1.96. The van der Waals surface area contributed by atoms with Crippen LogP contribution in [0.4, 0.5) is 0 Å². The second-order valence-corrected chi connectivity index (χ2v) is 5.48. The van der Waals surface area contributed by atoms with E-state index in [1.165, 1.54) is 25.7 Å². The predicted molar refractivity (Wildman–Crippen MR) is 46.9 cm³/mol. The van der Waals surface area contributed by atoms with E-state index in [1.54, 1.807) is 0 Å². The molecule has 6 atom stereocenters. The number of aliphatic hydroxyl groups is 1. The quantitative estimate of drug-likeness (QED) is 0.612. The van der Waals surface area contributed by atoms with Crippen molar-refractivity contribution in [2.45, 2.75) is 44.0 Å². The van der Waals surface area contributed by atoms with Crippen LogP contribution in [-0.4, -0.2) is 17.0 Å². The van der Waals surface area contributed by atoms with Gasteiger partial charge in [-0.15, -0.1) is 0 Å². The van der Waals surface area contributed by atoms with E-state index in [9.17, 15) is 5.11 Å². The summed E-state index contributed by atoms with van der Waals surface area (Å²) in [6.07, 6.45) is 6.49. The van der Waals surface area contributed by atoms with Crippen molar-refractivity contribution in [3.8, 4) is 0 Å². The van der Waals surface area contributed by atoms with Crippen LogP contribution in [0, 0.1) is 23.7 Å². The Labute approximate surface area is 78.3 Å². The van der Waals surface area contributed by atoms with Gasteiger partial charge in [-0.05, 0) is 43.4 Å². The van der Waals surface area contributed by atoms with Gasteiger partial charge in [0.05, 0.1) is 6.10 Å². The summed E-state index contributed by atoms with van der Waals surface area (Å²) in [6, 6.07) is 0. The van der Waals surface area contributed by atoms with E-state index in [1.807, 2.05) is 0 Å². The highest BCUT2D eigenvalue weighted by Gasteiger charge is 2.67. The summed E-state index contributed by atoms with van der Waals surface area (Å²) < 4.78 is 5.85. The molecule has 4 fully saturated rings. The molecular formula is C11H16O2. The van der Waals surface area contributed by atoms with Gasteiger partial charge in [0.1, 0.15) is 0 Å². The van der Waals surface area contributed by atoms with Crippen molar-refractivity contribution in [1.29, 1.82) is 0 Å². The lowest BCUT2D eigenvalue weighted by molar-refractivity contribution is -0.203. The highest BCUT2D eigenvalue weighted by Crippen LogP contribution is 2.65. The van der Waals surface area contributed by atoms with Gasteiger partial charge in [0.25, 0.3) is 0 Å². The van der Waals surface area contributed by atoms with Gasteiger partial charge in [0.2, 0.25) is 0 Å². The summed E-state index contributed by atoms with van der Waals surface area (Å²) in [5, 5.41) is 10.3. The zero-order chi connectivity index (χ0) is 8.63. The van der Waals surface area contributed by atoms with Crippen LogP contribution in [0.25, 0.3) is 0 Å². The van der Waals surface area contributed by atoms with Crippen LogP contribution in [0.15, 0.2) is 0 Å². The van der Waals surface area contributed by atoms with E-state index in [0.717, 1.165) is 24.2 Å². The first-order chi connectivity index (χ1) is 6.28. The van der Waals surface area contributed by atoms with Crippen molar-refractivity contribution in [1.82, 2.24) is 0 Å². The van der Waals surface area contributed by atoms with Gasteiger partial charge in [-0.2, -0.15) is 0 Å². The molecule has 0 aromatic heterocycles. The topological polar surface area (TPSA) is 29.5 Å². The molecule has 2 nitrogen and oxygen atoms in total. The van der Waals surface area contributed by atoms with E-state index >= 15 is 0 Å². The van der Waals surface area contributed by atoms with Gasteiger partial charge in [-0.3, -0.25) is 0 Å². The lowest BCUT2D eigenvalue weighted by Gasteiger charge is -2.23. The number of hydrogen-bond acceptors (Lipinski definition) is 2. The molecule has 1 aliphatic heterocycles. The molecule has 4 rings (SSSR count). The molecule has 0 amide bonds. The number of rotatable bonds is 0. The maximum absolute atomic E-state index is 10.3. The van der Waals surface area contributed by atoms with Crippen molar-refractivity contribution in [3.63, 3.8) is 0 Å². The average Bonchev–Trinajstić information content (AvgIpc) is 2.70. The van der Waals surface area contributed by atoms with Gasteiger partial charge in [0.15, 0.2) is 5.79 Å². The zero-order valence-electron chi connectivity index (χ0n) is 7.78. The highest BCUT2D eigenvalue weighted by atomic mass is 16.6. The van der Waals surface area contributed by atoms with E-state index in [2.05, 4.69) is 0 Å². The lowest BCUT2D eigenvalue weighted by Crippen LogP contribution is -2.32. The smallest absolute Gasteiger partial charge is 0.169 e. The van der Waals surface area contributed by atoms with E-state index in [-0.39, 0.29) is 0 Å². The molecule has 0 radical (unpaired) electrons. The molecule has 3 saturated carbocycles. The van der Waals surface area contributed by atoms with Gasteiger partial charge in [-0.25, -0.2) is 0 Å². The van der Waals surface area contributed by atoms with Crippen LogP contribution in [0.5, 0.6) is 0 Å². The first-order valence-corrected chi connectivity index (χ1v) is 5.68. The van der Waals surface area contributed by atoms with Crippen LogP contribution in [0.2, 0.25) is 0 Å². The summed E-state index contributed by atoms with van der Waals surface area (Å²) >= 11 is 0. The molecule has 72 valence electrons. The van der Waals surface area contributed by atoms with E-state index in [0.29, 0.717) is 12.0 Å². The van der Waals surface area contributed by atoms with Crippen LogP contribution >= 0.6 is 0 Å². The third-order valence-corrected chi connectivity index (χ3v) is 5.07. The molecule has 2 heteroatoms. The molecule has 0 bridgehead atoms. The summed E-state index contributed by atoms with van der Waals surface area (Å²) in [7, 11) is 0. The summed E-state index contributed by atoms with van der Waals surface area (Å²) in [4.78, 5) is 0. The number of hydrogen-bond donors (Lipinski definition) is 1. The maximum atomic E-state index is 10.3. The largest absolute Gasteiger partial charge is 0.365 e. The molecule has 13 heavy (non-hydrogen) atoms. The van der Waals surface area contributed by atoms with E-state index < -0.39 is 5.79 Å². The van der Waals surface area contributed by atoms with Crippen molar-refractivity contribution in [3.05, 3.63) is 0 Å². The lowest BCUT2D eigenvalue weighted by atomic mass is 9.88. The van der Waals surface area contributed by atoms with Gasteiger partial charge >= 0.3 is 0 Å². The third kappa shape index (κ3) is 0.668. The normalized spacial score (nSPS) is 67.6. The molecule has 0 aromatic carbocycles. The first kappa shape index (κ1) is 7.24. The fraction of sp³-hybridized carbons (Fsp3) is 1.00. The summed E-state index contributed by atoms with van der Waals surface area (Å²) in [5.74, 6) is 2.26. The number of ether oxygens (including phenoxy) is 1. The van der Waals surface area contributed by atoms with Crippen LogP contribution in [-0.2, 0) is 4.74 Å². The first-order valence-electron chi connectivity index (χ1n) is 5.68. The molecule has 1 heterocycles. The zero-order valence-corrected chi connectivity index (χ0v) is 7.78. The minimum atomic E-state index is -0.685. The Morgan fingerprint density at radius 3 is 3.00 bits per heavy atom. The standard InChI is InChI=1S/C11H16O2/c12-11-4-3-7-5-6-1-2-8(13-11)9(6)10(7)11/h6-10,12H,1-5H2/t6-,7+,8-,9-,10+,11+/m0/s1. The molecule has 1 N–H and O–H groups in total. The van der Waals surface area contributed by atoms with E-state index in [4.69, 9.17) is 4.74 Å². The molecule has 0 spiro atoms. The van der Waals surface area contributed by atoms with Crippen molar-refractivity contribution in [2.75, 3.05) is 0 Å². The van der Waals surface area contributed by atoms with Gasteiger partial charge < -0.3 is 9.84 Å². The fourth-order valence-corrected chi connectivity index (χ4v) is 4.78. The van der Waals surface area contributed by atoms with Gasteiger partial charge in [-0.1, -0.05) is 0 Å². The minimum Gasteiger partial charge on any atom is -0.365 e. The molecule has 0 aromatic rings. The van der Waals surface area contributed by atoms with Crippen LogP contribution < -0.4 is 0 Å². The van der Waals surface area contributed by atoms with Crippen molar-refractivity contribution >= 4 is 0 Å². The molecule has 4 aliphatic rings. The minimum absolute atomic E-state index is 0.422. The monoisotopic (exact) mass is 180 g/mol. The molecule has 3 aliphatic carbocycles. The average molecular weight is 180 g/mol. The predicted octanol–water partition coefficient (Wildman–Crippen LogP) is 1.53. The molecule has 0 unspecified atom stereocenters. The Hall–Kier alpha value is -0.0800. The Balaban J connectivity index is 1.83. The Morgan fingerprint density at radius 1 is 1.15 bits per heavy atom. The maximum Gasteiger partial charge on any atom is 0.169 e. The third-order valence-electron chi connectivity index (χ3n) is 5.07. The van der Waals surface area contributed by atoms with Crippen LogP contribution in [0.3, 0.4) is 0 Å². The highest BCUT2D eigenvalue weighted by molar-refractivity contribution is 5.11. The fourth-order valence-electron chi connectivity index (χ4n) is 4.78. The molecular weight excluding hydrogens is 164 g/mol. The summed E-state index contributed by atoms with van der Waals surface area (Å²) in [6.45, 7) is 0. The Kier molecular flexibility index (Phi) is 1.09.